The lowest BCUT2D eigenvalue weighted by Gasteiger charge is -2.28. The van der Waals surface area contributed by atoms with Crippen LogP contribution in [0.2, 0.25) is 0 Å². The number of hydrogen-bond donors (Lipinski definition) is 1. The first-order valence-corrected chi connectivity index (χ1v) is 11.7. The van der Waals surface area contributed by atoms with E-state index in [1.165, 1.54) is 31.0 Å². The molecule has 0 radical (unpaired) electrons. The first kappa shape index (κ1) is 21.4. The molecule has 1 aromatic heterocycles. The number of aromatic nitrogens is 3. The van der Waals surface area contributed by atoms with Gasteiger partial charge in [0.05, 0.1) is 10.9 Å². The maximum absolute atomic E-state index is 13.0. The number of carbonyl (C=O) groups excluding carboxylic acids is 1. The molecule has 1 amide bonds. The van der Waals surface area contributed by atoms with E-state index in [0.717, 1.165) is 46.7 Å². The average molecular weight is 436 g/mol. The minimum atomic E-state index is -0.320. The van der Waals surface area contributed by atoms with Crippen molar-refractivity contribution in [1.29, 1.82) is 0 Å². The highest BCUT2D eigenvalue weighted by Crippen LogP contribution is 2.31. The second kappa shape index (κ2) is 9.56. The highest BCUT2D eigenvalue weighted by Gasteiger charge is 2.25. The van der Waals surface area contributed by atoms with Gasteiger partial charge in [0, 0.05) is 18.8 Å². The Labute approximate surface area is 188 Å². The van der Waals surface area contributed by atoms with Crippen LogP contribution in [-0.2, 0) is 4.79 Å². The normalized spacial score (nSPS) is 15.0. The van der Waals surface area contributed by atoms with Crippen LogP contribution >= 0.6 is 11.8 Å². The second-order valence-corrected chi connectivity index (χ2v) is 9.33. The Morgan fingerprint density at radius 2 is 1.65 bits per heavy atom. The van der Waals surface area contributed by atoms with Crippen molar-refractivity contribution in [2.24, 2.45) is 0 Å². The largest absolute Gasteiger partial charge is 0.341 e. The molecule has 1 atom stereocenters. The molecule has 4 rings (SSSR count). The van der Waals surface area contributed by atoms with E-state index in [9.17, 15) is 4.79 Å². The molecule has 3 aromatic rings. The van der Waals surface area contributed by atoms with Crippen molar-refractivity contribution in [2.45, 2.75) is 50.4 Å². The van der Waals surface area contributed by atoms with E-state index in [0.29, 0.717) is 0 Å². The van der Waals surface area contributed by atoms with Gasteiger partial charge in [-0.05, 0) is 63.3 Å². The lowest BCUT2D eigenvalue weighted by molar-refractivity contribution is -0.115. The molecule has 1 fully saturated rings. The zero-order valence-corrected chi connectivity index (χ0v) is 19.2. The van der Waals surface area contributed by atoms with Crippen LogP contribution in [0.3, 0.4) is 0 Å². The van der Waals surface area contributed by atoms with Gasteiger partial charge >= 0.3 is 0 Å². The molecule has 2 aromatic carbocycles. The number of piperidine rings is 1. The van der Waals surface area contributed by atoms with Crippen LogP contribution in [0.1, 0.15) is 37.3 Å². The fraction of sp³-hybridized carbons (Fsp3) is 0.375. The molecule has 31 heavy (non-hydrogen) atoms. The number of nitrogens with one attached hydrogen (secondary N) is 1. The molecular weight excluding hydrogens is 406 g/mol. The number of para-hydroxylation sites is 2. The van der Waals surface area contributed by atoms with Gasteiger partial charge < -0.3 is 10.2 Å². The van der Waals surface area contributed by atoms with Crippen molar-refractivity contribution in [1.82, 2.24) is 14.8 Å². The van der Waals surface area contributed by atoms with Crippen molar-refractivity contribution in [2.75, 3.05) is 23.3 Å². The number of rotatable bonds is 6. The molecule has 0 spiro atoms. The molecule has 2 heterocycles. The SMILES string of the molecule is Cc1cccc(C)c1NC(=O)C(C)Sc1nnc(N2CCCCC2)n1-c1ccccc1. The van der Waals surface area contributed by atoms with Gasteiger partial charge in [0.2, 0.25) is 11.9 Å². The number of amides is 1. The molecule has 1 saturated heterocycles. The Bertz CT molecular complexity index is 1020. The Morgan fingerprint density at radius 3 is 2.32 bits per heavy atom. The maximum atomic E-state index is 13.0. The summed E-state index contributed by atoms with van der Waals surface area (Å²) in [7, 11) is 0. The van der Waals surface area contributed by atoms with Gasteiger partial charge in [-0.15, -0.1) is 10.2 Å². The van der Waals surface area contributed by atoms with E-state index in [4.69, 9.17) is 0 Å². The Morgan fingerprint density at radius 1 is 0.968 bits per heavy atom. The summed E-state index contributed by atoms with van der Waals surface area (Å²) < 4.78 is 2.08. The number of nitrogens with zero attached hydrogens (tertiary/aromatic N) is 4. The summed E-state index contributed by atoms with van der Waals surface area (Å²) in [5.74, 6) is 0.820. The van der Waals surface area contributed by atoms with Gasteiger partial charge in [-0.1, -0.05) is 48.2 Å². The van der Waals surface area contributed by atoms with Crippen LogP contribution in [0.25, 0.3) is 5.69 Å². The standard InChI is InChI=1S/C24H29N5OS/c1-17-11-10-12-18(2)21(17)25-22(30)19(3)31-24-27-26-23(28-15-8-5-9-16-28)29(24)20-13-6-4-7-14-20/h4,6-7,10-14,19H,5,8-9,15-16H2,1-3H3,(H,25,30). The molecule has 0 aliphatic carbocycles. The van der Waals surface area contributed by atoms with E-state index >= 15 is 0 Å². The van der Waals surface area contributed by atoms with Crippen molar-refractivity contribution in [3.8, 4) is 5.69 Å². The Hall–Kier alpha value is -2.80. The van der Waals surface area contributed by atoms with E-state index in [2.05, 4.69) is 37.1 Å². The summed E-state index contributed by atoms with van der Waals surface area (Å²) in [5.41, 5.74) is 4.02. The van der Waals surface area contributed by atoms with E-state index in [1.807, 2.05) is 57.2 Å². The summed E-state index contributed by atoms with van der Waals surface area (Å²) in [6, 6.07) is 16.2. The minimum absolute atomic E-state index is 0.0375. The molecule has 6 nitrogen and oxygen atoms in total. The molecule has 1 aliphatic rings. The van der Waals surface area contributed by atoms with Crippen LogP contribution in [0, 0.1) is 13.8 Å². The zero-order chi connectivity index (χ0) is 21.8. The maximum Gasteiger partial charge on any atom is 0.237 e. The third kappa shape index (κ3) is 4.77. The van der Waals surface area contributed by atoms with Gasteiger partial charge in [0.15, 0.2) is 5.16 Å². The lowest BCUT2D eigenvalue weighted by atomic mass is 10.1. The average Bonchev–Trinajstić information content (AvgIpc) is 3.21. The minimum Gasteiger partial charge on any atom is -0.341 e. The van der Waals surface area contributed by atoms with E-state index in [1.54, 1.807) is 0 Å². The summed E-state index contributed by atoms with van der Waals surface area (Å²) >= 11 is 1.44. The number of benzene rings is 2. The predicted molar refractivity (Wildman–Crippen MR) is 127 cm³/mol. The van der Waals surface area contributed by atoms with Crippen LogP contribution in [0.15, 0.2) is 53.7 Å². The van der Waals surface area contributed by atoms with E-state index in [-0.39, 0.29) is 11.2 Å². The number of anilines is 2. The molecule has 1 N–H and O–H groups in total. The topological polar surface area (TPSA) is 63.1 Å². The molecule has 162 valence electrons. The predicted octanol–water partition coefficient (Wildman–Crippen LogP) is 4.99. The van der Waals surface area contributed by atoms with Gasteiger partial charge in [-0.2, -0.15) is 0 Å². The molecular formula is C24H29N5OS. The van der Waals surface area contributed by atoms with Gasteiger partial charge in [0.25, 0.3) is 0 Å². The van der Waals surface area contributed by atoms with Crippen LogP contribution in [0.4, 0.5) is 11.6 Å². The molecule has 1 aliphatic heterocycles. The summed E-state index contributed by atoms with van der Waals surface area (Å²) in [6.07, 6.45) is 3.59. The smallest absolute Gasteiger partial charge is 0.237 e. The van der Waals surface area contributed by atoms with Crippen molar-refractivity contribution in [3.05, 3.63) is 59.7 Å². The van der Waals surface area contributed by atoms with Gasteiger partial charge in [-0.3, -0.25) is 9.36 Å². The second-order valence-electron chi connectivity index (χ2n) is 8.02. The number of carbonyl (C=O) groups is 1. The molecule has 7 heteroatoms. The van der Waals surface area contributed by atoms with Crippen LogP contribution < -0.4 is 10.2 Å². The quantitative estimate of drug-likeness (QED) is 0.553. The first-order valence-electron chi connectivity index (χ1n) is 10.8. The monoisotopic (exact) mass is 435 g/mol. The number of hydrogen-bond acceptors (Lipinski definition) is 5. The van der Waals surface area contributed by atoms with Crippen molar-refractivity contribution >= 4 is 29.3 Å². The van der Waals surface area contributed by atoms with Crippen molar-refractivity contribution < 1.29 is 4.79 Å². The van der Waals surface area contributed by atoms with Gasteiger partial charge in [-0.25, -0.2) is 0 Å². The highest BCUT2D eigenvalue weighted by molar-refractivity contribution is 8.00. The fourth-order valence-electron chi connectivity index (χ4n) is 3.89. The van der Waals surface area contributed by atoms with Crippen LogP contribution in [-0.4, -0.2) is 39.0 Å². The number of aryl methyl sites for hydroxylation is 2. The third-order valence-electron chi connectivity index (χ3n) is 5.65. The fourth-order valence-corrected chi connectivity index (χ4v) is 4.75. The number of thioether (sulfide) groups is 1. The zero-order valence-electron chi connectivity index (χ0n) is 18.3. The molecule has 1 unspecified atom stereocenters. The Balaban J connectivity index is 1.59. The molecule has 0 bridgehead atoms. The third-order valence-corrected chi connectivity index (χ3v) is 6.69. The van der Waals surface area contributed by atoms with Crippen LogP contribution in [0.5, 0.6) is 0 Å². The highest BCUT2D eigenvalue weighted by atomic mass is 32.2. The Kier molecular flexibility index (Phi) is 6.61. The first-order chi connectivity index (χ1) is 15.0. The summed E-state index contributed by atoms with van der Waals surface area (Å²) in [6.45, 7) is 7.91. The summed E-state index contributed by atoms with van der Waals surface area (Å²) in [5, 5.41) is 12.5. The summed E-state index contributed by atoms with van der Waals surface area (Å²) in [4.78, 5) is 15.3. The molecule has 0 saturated carbocycles. The van der Waals surface area contributed by atoms with Gasteiger partial charge in [0.1, 0.15) is 0 Å². The van der Waals surface area contributed by atoms with E-state index < -0.39 is 0 Å². The van der Waals surface area contributed by atoms with Crippen molar-refractivity contribution in [3.63, 3.8) is 0 Å². The lowest BCUT2D eigenvalue weighted by Crippen LogP contribution is -2.31.